The van der Waals surface area contributed by atoms with Gasteiger partial charge in [-0.3, -0.25) is 0 Å². The average Bonchev–Trinajstić information content (AvgIpc) is 3.41. The normalized spacial score (nSPS) is 16.1. The van der Waals surface area contributed by atoms with Crippen molar-refractivity contribution in [1.82, 2.24) is 0 Å². The van der Waals surface area contributed by atoms with E-state index in [1.54, 1.807) is 38.2 Å². The van der Waals surface area contributed by atoms with Gasteiger partial charge in [-0.25, -0.2) is 0 Å². The van der Waals surface area contributed by atoms with Crippen molar-refractivity contribution in [2.24, 2.45) is 0 Å². The van der Waals surface area contributed by atoms with Gasteiger partial charge in [0, 0.05) is 0 Å². The maximum absolute atomic E-state index is 15.4. The fraction of sp³-hybridized carbons (Fsp3) is 0.167. The SMILES string of the molecule is CC1=[C]([Ti]([C]2=C(C)C=CC2)([c]2cc(F)c(F)c(F)c2F)[c]2cc(F)c(F)c(F)c2F)CC=C1. The summed E-state index contributed by atoms with van der Waals surface area (Å²) < 4.78 is 116. The van der Waals surface area contributed by atoms with Crippen LogP contribution >= 0.6 is 0 Å². The van der Waals surface area contributed by atoms with Gasteiger partial charge in [0.1, 0.15) is 0 Å². The van der Waals surface area contributed by atoms with Gasteiger partial charge in [0.25, 0.3) is 0 Å². The zero-order valence-corrected chi connectivity index (χ0v) is 19.0. The summed E-state index contributed by atoms with van der Waals surface area (Å²) in [5.74, 6) is -15.3. The fourth-order valence-electron chi connectivity index (χ4n) is 4.80. The number of allylic oxidation sites excluding steroid dienone is 8. The Morgan fingerprint density at radius 2 is 0.909 bits per heavy atom. The van der Waals surface area contributed by atoms with Gasteiger partial charge in [-0.05, 0) is 0 Å². The van der Waals surface area contributed by atoms with Gasteiger partial charge in [0.15, 0.2) is 0 Å². The zero-order chi connectivity index (χ0) is 24.2. The molecular weight excluding hydrogens is 488 g/mol. The number of hydrogen-bond acceptors (Lipinski definition) is 0. The molecule has 0 unspecified atom stereocenters. The summed E-state index contributed by atoms with van der Waals surface area (Å²) in [4.78, 5) is 0. The first kappa shape index (κ1) is 23.7. The Morgan fingerprint density at radius 3 is 1.21 bits per heavy atom. The molecule has 0 saturated heterocycles. The van der Waals surface area contributed by atoms with Crippen LogP contribution in [0.25, 0.3) is 0 Å². The average molecular weight is 504 g/mol. The van der Waals surface area contributed by atoms with E-state index in [1.165, 1.54) is 0 Å². The van der Waals surface area contributed by atoms with Crippen LogP contribution in [0.5, 0.6) is 0 Å². The topological polar surface area (TPSA) is 0 Å². The van der Waals surface area contributed by atoms with E-state index in [0.717, 1.165) is 0 Å². The van der Waals surface area contributed by atoms with E-state index in [-0.39, 0.29) is 12.8 Å². The van der Waals surface area contributed by atoms with Crippen LogP contribution in [0.2, 0.25) is 0 Å². The zero-order valence-electron chi connectivity index (χ0n) is 17.4. The minimum atomic E-state index is -5.24. The van der Waals surface area contributed by atoms with Crippen LogP contribution in [0.4, 0.5) is 35.1 Å². The van der Waals surface area contributed by atoms with Crippen LogP contribution in [0.1, 0.15) is 26.7 Å². The molecule has 0 nitrogen and oxygen atoms in total. The molecule has 2 aromatic carbocycles. The van der Waals surface area contributed by atoms with Crippen molar-refractivity contribution in [3.63, 3.8) is 0 Å². The van der Waals surface area contributed by atoms with Crippen molar-refractivity contribution in [3.8, 4) is 0 Å². The van der Waals surface area contributed by atoms with E-state index < -0.39 is 70.9 Å². The Bertz CT molecular complexity index is 1220. The van der Waals surface area contributed by atoms with Crippen LogP contribution in [-0.2, 0) is 16.6 Å². The van der Waals surface area contributed by atoms with E-state index in [2.05, 4.69) is 0 Å². The molecule has 0 atom stereocenters. The molecule has 0 saturated carbocycles. The predicted octanol–water partition coefficient (Wildman–Crippen LogP) is 6.37. The summed E-state index contributed by atoms with van der Waals surface area (Å²) in [6.45, 7) is 3.19. The van der Waals surface area contributed by atoms with Crippen molar-refractivity contribution in [2.75, 3.05) is 0 Å². The molecule has 2 aliphatic carbocycles. The molecule has 9 heteroatoms. The van der Waals surface area contributed by atoms with E-state index >= 15 is 8.78 Å². The van der Waals surface area contributed by atoms with Gasteiger partial charge in [-0.15, -0.1) is 0 Å². The van der Waals surface area contributed by atoms with E-state index in [9.17, 15) is 26.3 Å². The minimum absolute atomic E-state index is 0.0860. The van der Waals surface area contributed by atoms with Gasteiger partial charge < -0.3 is 0 Å². The molecule has 0 N–H and O–H groups in total. The Kier molecular flexibility index (Phi) is 6.04. The van der Waals surface area contributed by atoms with Crippen molar-refractivity contribution in [3.05, 3.63) is 102 Å². The first-order valence-electron chi connectivity index (χ1n) is 9.93. The third-order valence-electron chi connectivity index (χ3n) is 6.25. The monoisotopic (exact) mass is 504 g/mol. The Balaban J connectivity index is 2.29. The third-order valence-corrected chi connectivity index (χ3v) is 14.6. The molecule has 0 radical (unpaired) electrons. The second-order valence-electron chi connectivity index (χ2n) is 7.98. The molecule has 0 heterocycles. The quantitative estimate of drug-likeness (QED) is 0.197. The van der Waals surface area contributed by atoms with Crippen molar-refractivity contribution in [1.29, 1.82) is 0 Å². The molecule has 2 aliphatic rings. The summed E-state index contributed by atoms with van der Waals surface area (Å²) in [6.07, 6.45) is 6.70. The van der Waals surface area contributed by atoms with Crippen LogP contribution < -0.4 is 7.74 Å². The molecule has 2 aromatic rings. The van der Waals surface area contributed by atoms with Gasteiger partial charge in [0.2, 0.25) is 0 Å². The maximum atomic E-state index is 15.4. The number of halogens is 8. The summed E-state index contributed by atoms with van der Waals surface area (Å²) in [6, 6.07) is 0.868. The third kappa shape index (κ3) is 3.37. The number of rotatable bonds is 4. The molecule has 33 heavy (non-hydrogen) atoms. The van der Waals surface area contributed by atoms with Gasteiger partial charge in [-0.1, -0.05) is 0 Å². The predicted molar refractivity (Wildman–Crippen MR) is 105 cm³/mol. The molecular formula is C24H16F8Ti. The van der Waals surface area contributed by atoms with Gasteiger partial charge >= 0.3 is 188 Å². The van der Waals surface area contributed by atoms with E-state index in [4.69, 9.17) is 0 Å². The van der Waals surface area contributed by atoms with E-state index in [1.807, 2.05) is 0 Å². The second-order valence-corrected chi connectivity index (χ2v) is 13.9. The summed E-state index contributed by atoms with van der Waals surface area (Å²) in [5, 5.41) is 0. The molecule has 0 bridgehead atoms. The van der Waals surface area contributed by atoms with Crippen LogP contribution in [0.3, 0.4) is 0 Å². The Morgan fingerprint density at radius 1 is 0.545 bits per heavy atom. The molecule has 0 spiro atoms. The molecule has 0 fully saturated rings. The van der Waals surface area contributed by atoms with Crippen LogP contribution in [-0.4, -0.2) is 0 Å². The standard InChI is InChI=1S/2C6HF4.2C6H7.Ti/c2*7-3-1-2-4(8)6(10)5(3)9;2*1-6-4-2-3-5-6;/h2*1H;2*2,4H,3H2,1H3;. The van der Waals surface area contributed by atoms with E-state index in [0.29, 0.717) is 31.0 Å². The fourth-order valence-corrected chi connectivity index (χ4v) is 13.7. The second kappa shape index (κ2) is 8.40. The molecule has 172 valence electrons. The molecule has 0 amide bonds. The molecule has 0 aromatic heterocycles. The van der Waals surface area contributed by atoms with Crippen molar-refractivity contribution >= 4 is 7.74 Å². The molecule has 0 aliphatic heterocycles. The first-order chi connectivity index (χ1) is 15.5. The van der Waals surface area contributed by atoms with Gasteiger partial charge in [-0.2, -0.15) is 0 Å². The van der Waals surface area contributed by atoms with Crippen LogP contribution in [0.15, 0.2) is 55.3 Å². The van der Waals surface area contributed by atoms with Crippen molar-refractivity contribution < 1.29 is 51.7 Å². The number of hydrogen-bond donors (Lipinski definition) is 0. The summed E-state index contributed by atoms with van der Waals surface area (Å²) in [7, 11) is 0. The Labute approximate surface area is 188 Å². The Hall–Kier alpha value is -2.45. The molecule has 4 rings (SSSR count). The summed E-state index contributed by atoms with van der Waals surface area (Å²) in [5.41, 5.74) is 0.993. The number of benzene rings is 2. The van der Waals surface area contributed by atoms with Gasteiger partial charge in [0.05, 0.1) is 0 Å². The van der Waals surface area contributed by atoms with Crippen molar-refractivity contribution in [2.45, 2.75) is 26.7 Å². The summed E-state index contributed by atoms with van der Waals surface area (Å²) >= 11 is -5.24. The first-order valence-corrected chi connectivity index (χ1v) is 13.1. The van der Waals surface area contributed by atoms with Crippen LogP contribution in [0, 0.1) is 46.5 Å².